The van der Waals surface area contributed by atoms with Gasteiger partial charge in [-0.15, -0.1) is 6.58 Å². The first-order chi connectivity index (χ1) is 8.72. The van der Waals surface area contributed by atoms with E-state index in [-0.39, 0.29) is 17.7 Å². The molecule has 1 heterocycles. The number of rotatable bonds is 4. The van der Waals surface area contributed by atoms with Crippen LogP contribution in [-0.2, 0) is 9.59 Å². The maximum Gasteiger partial charge on any atom is 0.225 e. The Morgan fingerprint density at radius 1 is 1.17 bits per heavy atom. The molecule has 1 N–H and O–H groups in total. The van der Waals surface area contributed by atoms with Gasteiger partial charge in [-0.05, 0) is 25.7 Å². The summed E-state index contributed by atoms with van der Waals surface area (Å²) >= 11 is 0. The number of nitrogens with zero attached hydrogens (tertiary/aromatic N) is 1. The Balaban J connectivity index is 1.75. The van der Waals surface area contributed by atoms with Gasteiger partial charge in [0.2, 0.25) is 11.8 Å². The fourth-order valence-corrected chi connectivity index (χ4v) is 2.59. The van der Waals surface area contributed by atoms with Gasteiger partial charge in [-0.2, -0.15) is 0 Å². The van der Waals surface area contributed by atoms with Crippen LogP contribution in [0.15, 0.2) is 12.7 Å². The molecule has 0 unspecified atom stereocenters. The smallest absolute Gasteiger partial charge is 0.225 e. The van der Waals surface area contributed by atoms with Crippen molar-refractivity contribution in [2.24, 2.45) is 11.8 Å². The fourth-order valence-electron chi connectivity index (χ4n) is 2.59. The number of nitrogens with one attached hydrogen (secondary N) is 1. The molecular weight excluding hydrogens is 228 g/mol. The predicted octanol–water partition coefficient (Wildman–Crippen LogP) is 1.33. The molecule has 4 heteroatoms. The molecule has 18 heavy (non-hydrogen) atoms. The second-order valence-corrected chi connectivity index (χ2v) is 5.26. The summed E-state index contributed by atoms with van der Waals surface area (Å²) < 4.78 is 0. The molecule has 0 radical (unpaired) electrons. The number of hydrogen-bond acceptors (Lipinski definition) is 2. The summed E-state index contributed by atoms with van der Waals surface area (Å²) in [5, 5.41) is 2.83. The quantitative estimate of drug-likeness (QED) is 0.765. The van der Waals surface area contributed by atoms with E-state index < -0.39 is 0 Å². The molecule has 2 aliphatic rings. The standard InChI is InChI=1S/C14H22N2O2/c1-2-8-15-13(17)11-6-9-16(10-7-11)14(18)12-4-3-5-12/h2,11-12H,1,3-10H2,(H,15,17). The summed E-state index contributed by atoms with van der Waals surface area (Å²) in [5.41, 5.74) is 0. The van der Waals surface area contributed by atoms with Gasteiger partial charge in [-0.1, -0.05) is 12.5 Å². The van der Waals surface area contributed by atoms with Gasteiger partial charge in [0.05, 0.1) is 0 Å². The summed E-state index contributed by atoms with van der Waals surface area (Å²) in [5.74, 6) is 0.753. The first kappa shape index (κ1) is 13.1. The second-order valence-electron chi connectivity index (χ2n) is 5.26. The highest BCUT2D eigenvalue weighted by Gasteiger charge is 2.32. The Morgan fingerprint density at radius 3 is 2.33 bits per heavy atom. The Morgan fingerprint density at radius 2 is 1.83 bits per heavy atom. The summed E-state index contributed by atoms with van der Waals surface area (Å²) in [7, 11) is 0. The summed E-state index contributed by atoms with van der Waals surface area (Å²) in [4.78, 5) is 25.8. The van der Waals surface area contributed by atoms with Gasteiger partial charge in [0.1, 0.15) is 0 Å². The van der Waals surface area contributed by atoms with Crippen LogP contribution in [-0.4, -0.2) is 36.3 Å². The maximum atomic E-state index is 12.0. The van der Waals surface area contributed by atoms with E-state index >= 15 is 0 Å². The van der Waals surface area contributed by atoms with Crippen LogP contribution in [0.5, 0.6) is 0 Å². The summed E-state index contributed by atoms with van der Waals surface area (Å²) in [6.45, 7) is 5.58. The van der Waals surface area contributed by atoms with E-state index in [0.717, 1.165) is 38.8 Å². The van der Waals surface area contributed by atoms with Crippen LogP contribution in [0.1, 0.15) is 32.1 Å². The Bertz CT molecular complexity index is 329. The van der Waals surface area contributed by atoms with Crippen LogP contribution in [0.4, 0.5) is 0 Å². The molecule has 2 amide bonds. The third-order valence-corrected chi connectivity index (χ3v) is 4.05. The van der Waals surface area contributed by atoms with Gasteiger partial charge in [0, 0.05) is 31.5 Å². The Kier molecular flexibility index (Phi) is 4.39. The van der Waals surface area contributed by atoms with Gasteiger partial charge in [-0.25, -0.2) is 0 Å². The van der Waals surface area contributed by atoms with Crippen molar-refractivity contribution in [2.75, 3.05) is 19.6 Å². The molecule has 100 valence electrons. The van der Waals surface area contributed by atoms with Crippen LogP contribution in [0.25, 0.3) is 0 Å². The molecule has 0 aromatic carbocycles. The lowest BCUT2D eigenvalue weighted by Crippen LogP contribution is -2.46. The molecule has 0 aromatic heterocycles. The van der Waals surface area contributed by atoms with Gasteiger partial charge in [0.25, 0.3) is 0 Å². The minimum absolute atomic E-state index is 0.0652. The van der Waals surface area contributed by atoms with E-state index in [0.29, 0.717) is 12.5 Å². The van der Waals surface area contributed by atoms with Crippen molar-refractivity contribution in [1.29, 1.82) is 0 Å². The lowest BCUT2D eigenvalue weighted by atomic mass is 9.83. The molecular formula is C14H22N2O2. The van der Waals surface area contributed by atoms with Crippen molar-refractivity contribution in [1.82, 2.24) is 10.2 Å². The van der Waals surface area contributed by atoms with Crippen LogP contribution < -0.4 is 5.32 Å². The lowest BCUT2D eigenvalue weighted by molar-refractivity contribution is -0.141. The minimum Gasteiger partial charge on any atom is -0.352 e. The number of likely N-dealkylation sites (tertiary alicyclic amines) is 1. The molecule has 0 atom stereocenters. The molecule has 1 saturated carbocycles. The molecule has 0 aromatic rings. The number of amides is 2. The van der Waals surface area contributed by atoms with Crippen molar-refractivity contribution in [3.8, 4) is 0 Å². The Hall–Kier alpha value is -1.32. The van der Waals surface area contributed by atoms with Crippen LogP contribution >= 0.6 is 0 Å². The highest BCUT2D eigenvalue weighted by atomic mass is 16.2. The SMILES string of the molecule is C=CCNC(=O)C1CCN(C(=O)C2CCC2)CC1. The molecule has 2 rings (SSSR count). The largest absolute Gasteiger partial charge is 0.352 e. The molecule has 1 aliphatic heterocycles. The number of hydrogen-bond donors (Lipinski definition) is 1. The highest BCUT2D eigenvalue weighted by molar-refractivity contribution is 5.81. The van der Waals surface area contributed by atoms with E-state index in [1.807, 2.05) is 4.90 Å². The van der Waals surface area contributed by atoms with Crippen LogP contribution in [0, 0.1) is 11.8 Å². The molecule has 0 bridgehead atoms. The lowest BCUT2D eigenvalue weighted by Gasteiger charge is -2.36. The van der Waals surface area contributed by atoms with Gasteiger partial charge in [-0.3, -0.25) is 9.59 Å². The Labute approximate surface area is 108 Å². The molecule has 2 fully saturated rings. The van der Waals surface area contributed by atoms with Crippen molar-refractivity contribution >= 4 is 11.8 Å². The van der Waals surface area contributed by atoms with Gasteiger partial charge in [0.15, 0.2) is 0 Å². The van der Waals surface area contributed by atoms with Crippen molar-refractivity contribution in [3.05, 3.63) is 12.7 Å². The van der Waals surface area contributed by atoms with Crippen molar-refractivity contribution in [3.63, 3.8) is 0 Å². The first-order valence-electron chi connectivity index (χ1n) is 6.89. The zero-order chi connectivity index (χ0) is 13.0. The number of carbonyl (C=O) groups is 2. The van der Waals surface area contributed by atoms with Gasteiger partial charge < -0.3 is 10.2 Å². The summed E-state index contributed by atoms with van der Waals surface area (Å²) in [6.07, 6.45) is 6.57. The van der Waals surface area contributed by atoms with E-state index in [2.05, 4.69) is 11.9 Å². The molecule has 1 aliphatic carbocycles. The first-order valence-corrected chi connectivity index (χ1v) is 6.89. The predicted molar refractivity (Wildman–Crippen MR) is 69.9 cm³/mol. The van der Waals surface area contributed by atoms with Crippen molar-refractivity contribution in [2.45, 2.75) is 32.1 Å². The number of carbonyl (C=O) groups excluding carboxylic acids is 2. The average molecular weight is 250 g/mol. The molecule has 0 spiro atoms. The minimum atomic E-state index is 0.0652. The van der Waals surface area contributed by atoms with Crippen molar-refractivity contribution < 1.29 is 9.59 Å². The third kappa shape index (κ3) is 2.92. The monoisotopic (exact) mass is 250 g/mol. The zero-order valence-electron chi connectivity index (χ0n) is 10.9. The van der Waals surface area contributed by atoms with E-state index in [1.165, 1.54) is 6.42 Å². The fraction of sp³-hybridized carbons (Fsp3) is 0.714. The van der Waals surface area contributed by atoms with Crippen LogP contribution in [0.3, 0.4) is 0 Å². The highest BCUT2D eigenvalue weighted by Crippen LogP contribution is 2.29. The normalized spacial score (nSPS) is 21.2. The van der Waals surface area contributed by atoms with E-state index in [9.17, 15) is 9.59 Å². The third-order valence-electron chi connectivity index (χ3n) is 4.05. The summed E-state index contributed by atoms with van der Waals surface area (Å²) in [6, 6.07) is 0. The average Bonchev–Trinajstić information content (AvgIpc) is 2.34. The second kappa shape index (κ2) is 6.03. The molecule has 1 saturated heterocycles. The number of piperidine rings is 1. The van der Waals surface area contributed by atoms with Crippen LogP contribution in [0.2, 0.25) is 0 Å². The maximum absolute atomic E-state index is 12.0. The molecule has 4 nitrogen and oxygen atoms in total. The zero-order valence-corrected chi connectivity index (χ0v) is 10.9. The van der Waals surface area contributed by atoms with E-state index in [4.69, 9.17) is 0 Å². The van der Waals surface area contributed by atoms with Gasteiger partial charge >= 0.3 is 0 Å². The topological polar surface area (TPSA) is 49.4 Å². The van der Waals surface area contributed by atoms with E-state index in [1.54, 1.807) is 6.08 Å².